The fourth-order valence-electron chi connectivity index (χ4n) is 3.59. The zero-order valence-electron chi connectivity index (χ0n) is 19.0. The van der Waals surface area contributed by atoms with Crippen LogP contribution in [0.2, 0.25) is 0 Å². The van der Waals surface area contributed by atoms with Gasteiger partial charge in [0.15, 0.2) is 5.50 Å². The Balaban J connectivity index is 1.44. The van der Waals surface area contributed by atoms with E-state index in [0.29, 0.717) is 17.9 Å². The molecule has 34 heavy (non-hydrogen) atoms. The average molecular weight is 536 g/mol. The summed E-state index contributed by atoms with van der Waals surface area (Å²) in [5.74, 6) is 0.747. The Labute approximate surface area is 213 Å². The van der Waals surface area contributed by atoms with Gasteiger partial charge in [-0.3, -0.25) is 4.79 Å². The average Bonchev–Trinajstić information content (AvgIpc) is 3.18. The summed E-state index contributed by atoms with van der Waals surface area (Å²) in [6, 6.07) is 22.4. The number of hydrogen-bond donors (Lipinski definition) is 2. The highest BCUT2D eigenvalue weighted by atomic mass is 79.9. The number of amides is 1. The van der Waals surface area contributed by atoms with Crippen molar-refractivity contribution in [1.29, 1.82) is 0 Å². The van der Waals surface area contributed by atoms with Gasteiger partial charge in [0.05, 0.1) is 4.91 Å². The molecule has 1 aliphatic heterocycles. The zero-order chi connectivity index (χ0) is 23.9. The first-order valence-electron chi connectivity index (χ1n) is 11.2. The lowest BCUT2D eigenvalue weighted by Gasteiger charge is -2.13. The molecule has 1 atom stereocenters. The molecule has 1 heterocycles. The minimum absolute atomic E-state index is 0.0755. The molecule has 0 radical (unpaired) electrons. The van der Waals surface area contributed by atoms with Crippen molar-refractivity contribution >= 4 is 45.4 Å². The van der Waals surface area contributed by atoms with Gasteiger partial charge in [-0.2, -0.15) is 0 Å². The van der Waals surface area contributed by atoms with Crippen LogP contribution >= 0.6 is 27.7 Å². The molecule has 1 amide bonds. The molecule has 0 spiro atoms. The molecular weight excluding hydrogens is 508 g/mol. The van der Waals surface area contributed by atoms with E-state index in [1.807, 2.05) is 60.7 Å². The number of aryl methyl sites for hydroxylation is 1. The van der Waals surface area contributed by atoms with E-state index in [2.05, 4.69) is 58.3 Å². The van der Waals surface area contributed by atoms with Crippen LogP contribution in [0, 0.1) is 0 Å². The van der Waals surface area contributed by atoms with E-state index >= 15 is 0 Å². The minimum Gasteiger partial charge on any atom is -0.489 e. The Bertz CT molecular complexity index is 1190. The number of carbonyl (C=O) groups excluding carboxylic acids is 1. The lowest BCUT2D eigenvalue weighted by atomic mass is 10.1. The van der Waals surface area contributed by atoms with E-state index in [-0.39, 0.29) is 11.4 Å². The van der Waals surface area contributed by atoms with E-state index in [1.165, 1.54) is 17.3 Å². The number of hydrogen-bond acceptors (Lipinski definition) is 4. The highest BCUT2D eigenvalue weighted by molar-refractivity contribution is 9.10. The van der Waals surface area contributed by atoms with Crippen molar-refractivity contribution in [2.75, 3.05) is 5.32 Å². The van der Waals surface area contributed by atoms with E-state index in [1.54, 1.807) is 0 Å². The van der Waals surface area contributed by atoms with Gasteiger partial charge in [-0.05, 0) is 77.6 Å². The molecule has 0 aromatic heterocycles. The van der Waals surface area contributed by atoms with Gasteiger partial charge < -0.3 is 15.4 Å². The van der Waals surface area contributed by atoms with Crippen molar-refractivity contribution in [2.45, 2.75) is 31.9 Å². The smallest absolute Gasteiger partial charge is 0.260 e. The molecule has 0 bridgehead atoms. The first-order valence-corrected chi connectivity index (χ1v) is 12.9. The van der Waals surface area contributed by atoms with Crippen molar-refractivity contribution < 1.29 is 9.53 Å². The summed E-state index contributed by atoms with van der Waals surface area (Å²) in [6.45, 7) is 6.50. The largest absolute Gasteiger partial charge is 0.489 e. The summed E-state index contributed by atoms with van der Waals surface area (Å²) in [6.07, 6.45) is 5.47. The number of halogens is 1. The van der Waals surface area contributed by atoms with Crippen LogP contribution in [0.1, 0.15) is 29.2 Å². The fourth-order valence-corrected chi connectivity index (χ4v) is 4.84. The Kier molecular flexibility index (Phi) is 8.14. The van der Waals surface area contributed by atoms with Crippen LogP contribution in [0.25, 0.3) is 6.08 Å². The van der Waals surface area contributed by atoms with Gasteiger partial charge in [-0.15, -0.1) is 6.58 Å². The Morgan fingerprint density at radius 3 is 2.53 bits per heavy atom. The van der Waals surface area contributed by atoms with Gasteiger partial charge >= 0.3 is 0 Å². The van der Waals surface area contributed by atoms with Crippen molar-refractivity contribution in [1.82, 2.24) is 5.32 Å². The van der Waals surface area contributed by atoms with E-state index in [9.17, 15) is 4.79 Å². The number of carbonyl (C=O) groups is 1. The Hall–Kier alpha value is -2.96. The summed E-state index contributed by atoms with van der Waals surface area (Å²) in [4.78, 5) is 13.2. The molecule has 3 aromatic carbocycles. The second kappa shape index (κ2) is 11.4. The van der Waals surface area contributed by atoms with E-state index < -0.39 is 0 Å². The third kappa shape index (κ3) is 6.33. The highest BCUT2D eigenvalue weighted by Gasteiger charge is 2.27. The molecule has 174 valence electrons. The fraction of sp³-hybridized carbons (Fsp3) is 0.179. The topological polar surface area (TPSA) is 50.4 Å². The van der Waals surface area contributed by atoms with Crippen LogP contribution in [0.15, 0.2) is 88.8 Å². The summed E-state index contributed by atoms with van der Waals surface area (Å²) < 4.78 is 7.13. The predicted molar refractivity (Wildman–Crippen MR) is 146 cm³/mol. The van der Waals surface area contributed by atoms with Crippen molar-refractivity contribution in [3.05, 3.63) is 111 Å². The van der Waals surface area contributed by atoms with Gasteiger partial charge in [-0.1, -0.05) is 71.0 Å². The first-order chi connectivity index (χ1) is 16.5. The SMILES string of the molecule is C=CCc1cc(/C=C2\S[C@H](Nc3ccc(CC)cc3)NC2=O)ccc1OCc1ccc(Br)cc1. The van der Waals surface area contributed by atoms with Crippen LogP contribution in [-0.2, 0) is 24.2 Å². The normalized spacial score (nSPS) is 16.4. The third-order valence-electron chi connectivity index (χ3n) is 5.44. The molecule has 3 aromatic rings. The third-order valence-corrected chi connectivity index (χ3v) is 7.00. The molecule has 2 N–H and O–H groups in total. The van der Waals surface area contributed by atoms with Crippen molar-refractivity contribution in [3.8, 4) is 5.75 Å². The number of allylic oxidation sites excluding steroid dienone is 1. The molecule has 4 rings (SSSR count). The van der Waals surface area contributed by atoms with Crippen molar-refractivity contribution in [3.63, 3.8) is 0 Å². The van der Waals surface area contributed by atoms with Gasteiger partial charge in [-0.25, -0.2) is 0 Å². The van der Waals surface area contributed by atoms with Crippen LogP contribution in [0.4, 0.5) is 5.69 Å². The molecular formula is C28H27BrN2O2S. The lowest BCUT2D eigenvalue weighted by Crippen LogP contribution is -2.30. The number of ether oxygens (including phenoxy) is 1. The number of thioether (sulfide) groups is 1. The van der Waals surface area contributed by atoms with Gasteiger partial charge in [0, 0.05) is 10.2 Å². The number of nitrogens with one attached hydrogen (secondary N) is 2. The summed E-state index contributed by atoms with van der Waals surface area (Å²) >= 11 is 4.94. The monoisotopic (exact) mass is 534 g/mol. The molecule has 4 nitrogen and oxygen atoms in total. The molecule has 1 aliphatic rings. The minimum atomic E-state index is -0.201. The number of rotatable bonds is 9. The maximum absolute atomic E-state index is 12.6. The standard InChI is InChI=1S/C28H27BrN2O2S/c1-3-5-22-16-21(10-15-25(22)33-18-20-6-11-23(29)12-7-20)17-26-27(32)31-28(34-26)30-24-13-8-19(4-2)9-14-24/h3,6-17,28,30H,1,4-5,18H2,2H3,(H,31,32)/b26-17-/t28-/m1/s1. The molecule has 0 saturated carbocycles. The van der Waals surface area contributed by atoms with Gasteiger partial charge in [0.1, 0.15) is 12.4 Å². The van der Waals surface area contributed by atoms with Crippen LogP contribution in [0.3, 0.4) is 0 Å². The summed E-state index contributed by atoms with van der Waals surface area (Å²) in [7, 11) is 0. The summed E-state index contributed by atoms with van der Waals surface area (Å²) in [5.41, 5.74) is 5.16. The number of anilines is 1. The molecule has 0 aliphatic carbocycles. The quantitative estimate of drug-likeness (QED) is 0.231. The van der Waals surface area contributed by atoms with Crippen LogP contribution in [-0.4, -0.2) is 11.4 Å². The second-order valence-electron chi connectivity index (χ2n) is 7.95. The first kappa shape index (κ1) is 24.2. The Morgan fingerprint density at radius 2 is 1.82 bits per heavy atom. The van der Waals surface area contributed by atoms with Crippen LogP contribution < -0.4 is 15.4 Å². The predicted octanol–water partition coefficient (Wildman–Crippen LogP) is 6.92. The maximum atomic E-state index is 12.6. The van der Waals surface area contributed by atoms with Crippen molar-refractivity contribution in [2.24, 2.45) is 0 Å². The molecule has 6 heteroatoms. The zero-order valence-corrected chi connectivity index (χ0v) is 21.4. The van der Waals surface area contributed by atoms with E-state index in [4.69, 9.17) is 4.74 Å². The Morgan fingerprint density at radius 1 is 1.09 bits per heavy atom. The highest BCUT2D eigenvalue weighted by Crippen LogP contribution is 2.31. The maximum Gasteiger partial charge on any atom is 0.260 e. The number of benzene rings is 3. The molecule has 1 saturated heterocycles. The molecule has 0 unspecified atom stereocenters. The summed E-state index contributed by atoms with van der Waals surface area (Å²) in [5, 5.41) is 6.36. The van der Waals surface area contributed by atoms with E-state index in [0.717, 1.165) is 39.0 Å². The second-order valence-corrected chi connectivity index (χ2v) is 10.0. The lowest BCUT2D eigenvalue weighted by molar-refractivity contribution is -0.116. The molecule has 1 fully saturated rings. The van der Waals surface area contributed by atoms with Crippen LogP contribution in [0.5, 0.6) is 5.75 Å². The van der Waals surface area contributed by atoms with Gasteiger partial charge in [0.2, 0.25) is 0 Å². The van der Waals surface area contributed by atoms with Gasteiger partial charge in [0.25, 0.3) is 5.91 Å².